The zero-order valence-electron chi connectivity index (χ0n) is 9.78. The molecule has 0 saturated carbocycles. The lowest BCUT2D eigenvalue weighted by Crippen LogP contribution is -2.12. The van der Waals surface area contributed by atoms with Crippen LogP contribution in [0.5, 0.6) is 0 Å². The molecule has 2 aromatic rings. The number of nitrogens with one attached hydrogen (secondary N) is 1. The Kier molecular flexibility index (Phi) is 4.11. The Morgan fingerprint density at radius 3 is 2.11 bits per heavy atom. The lowest BCUT2D eigenvalue weighted by Gasteiger charge is -2.08. The third-order valence-electron chi connectivity index (χ3n) is 2.52. The maximum absolute atomic E-state index is 12.1. The molecule has 0 atom stereocenters. The molecular weight excluding hydrogens is 374 g/mol. The van der Waals surface area contributed by atoms with E-state index in [9.17, 15) is 4.79 Å². The van der Waals surface area contributed by atoms with Gasteiger partial charge in [-0.25, -0.2) is 0 Å². The molecule has 0 aliphatic heterocycles. The summed E-state index contributed by atoms with van der Waals surface area (Å²) in [6.45, 7) is 0. The second-order valence-corrected chi connectivity index (χ2v) is 5.64. The summed E-state index contributed by atoms with van der Waals surface area (Å²) >= 11 is 6.60. The van der Waals surface area contributed by atoms with Crippen molar-refractivity contribution in [3.63, 3.8) is 0 Å². The van der Waals surface area contributed by atoms with Crippen molar-refractivity contribution in [1.29, 1.82) is 0 Å². The quantitative estimate of drug-likeness (QED) is 0.691. The first-order chi connectivity index (χ1) is 8.97. The molecule has 5 N–H and O–H groups in total. The normalized spacial score (nSPS) is 10.2. The number of hydrogen-bond donors (Lipinski definition) is 3. The molecule has 0 aliphatic rings. The number of anilines is 3. The Labute approximate surface area is 127 Å². The van der Waals surface area contributed by atoms with Gasteiger partial charge in [0, 0.05) is 31.6 Å². The maximum Gasteiger partial charge on any atom is 0.255 e. The Morgan fingerprint density at radius 2 is 1.53 bits per heavy atom. The maximum atomic E-state index is 12.1. The molecule has 0 aliphatic carbocycles. The number of hydrogen-bond acceptors (Lipinski definition) is 3. The fraction of sp³-hybridized carbons (Fsp3) is 0. The van der Waals surface area contributed by atoms with Crippen molar-refractivity contribution < 1.29 is 4.79 Å². The molecular formula is C13H11Br2N3O. The number of nitrogens with two attached hydrogens (primary N) is 2. The average Bonchev–Trinajstić information content (AvgIpc) is 2.37. The molecule has 0 spiro atoms. The highest BCUT2D eigenvalue weighted by atomic mass is 79.9. The van der Waals surface area contributed by atoms with Crippen LogP contribution < -0.4 is 16.8 Å². The van der Waals surface area contributed by atoms with Gasteiger partial charge < -0.3 is 16.8 Å². The SMILES string of the molecule is Nc1ccc(NC(=O)c2ccc(N)c(Br)c2)cc1Br. The number of carbonyl (C=O) groups excluding carboxylic acids is 1. The molecule has 2 aromatic carbocycles. The number of benzene rings is 2. The monoisotopic (exact) mass is 383 g/mol. The molecule has 19 heavy (non-hydrogen) atoms. The number of rotatable bonds is 2. The van der Waals surface area contributed by atoms with Gasteiger partial charge in [-0.2, -0.15) is 0 Å². The van der Waals surface area contributed by atoms with Gasteiger partial charge in [-0.15, -0.1) is 0 Å². The van der Waals surface area contributed by atoms with Gasteiger partial charge in [0.25, 0.3) is 5.91 Å². The minimum absolute atomic E-state index is 0.211. The van der Waals surface area contributed by atoms with E-state index in [0.717, 1.165) is 4.47 Å². The third-order valence-corrected chi connectivity index (χ3v) is 3.89. The standard InChI is InChI=1S/C13H11Br2N3O/c14-9-5-7(1-3-11(9)16)13(19)18-8-2-4-12(17)10(15)6-8/h1-6H,16-17H2,(H,18,19). The molecule has 0 unspecified atom stereocenters. The lowest BCUT2D eigenvalue weighted by atomic mass is 10.2. The first-order valence-electron chi connectivity index (χ1n) is 5.39. The molecule has 4 nitrogen and oxygen atoms in total. The third kappa shape index (κ3) is 3.27. The Morgan fingerprint density at radius 1 is 0.947 bits per heavy atom. The molecule has 0 heterocycles. The molecule has 0 radical (unpaired) electrons. The van der Waals surface area contributed by atoms with Crippen LogP contribution in [0.3, 0.4) is 0 Å². The topological polar surface area (TPSA) is 81.1 Å². The molecule has 0 aromatic heterocycles. The van der Waals surface area contributed by atoms with Crippen molar-refractivity contribution >= 4 is 54.8 Å². The fourth-order valence-electron chi connectivity index (χ4n) is 1.48. The van der Waals surface area contributed by atoms with Gasteiger partial charge in [-0.1, -0.05) is 0 Å². The average molecular weight is 385 g/mol. The first-order valence-corrected chi connectivity index (χ1v) is 6.97. The summed E-state index contributed by atoms with van der Waals surface area (Å²) in [7, 11) is 0. The van der Waals surface area contributed by atoms with Crippen molar-refractivity contribution in [2.75, 3.05) is 16.8 Å². The van der Waals surface area contributed by atoms with Gasteiger partial charge in [-0.05, 0) is 68.3 Å². The van der Waals surface area contributed by atoms with E-state index in [4.69, 9.17) is 11.5 Å². The summed E-state index contributed by atoms with van der Waals surface area (Å²) in [5.74, 6) is -0.211. The van der Waals surface area contributed by atoms with Crippen molar-refractivity contribution in [2.24, 2.45) is 0 Å². The number of amides is 1. The van der Waals surface area contributed by atoms with Crippen LogP contribution in [0.2, 0.25) is 0 Å². The molecule has 1 amide bonds. The number of carbonyl (C=O) groups is 1. The summed E-state index contributed by atoms with van der Waals surface area (Å²) in [6.07, 6.45) is 0. The van der Waals surface area contributed by atoms with Crippen LogP contribution in [0.4, 0.5) is 17.1 Å². The van der Waals surface area contributed by atoms with E-state index in [0.29, 0.717) is 27.1 Å². The molecule has 2 rings (SSSR count). The summed E-state index contributed by atoms with van der Waals surface area (Å²) in [5.41, 5.74) is 13.8. The first kappa shape index (κ1) is 13.9. The van der Waals surface area contributed by atoms with E-state index in [1.807, 2.05) is 0 Å². The molecule has 0 saturated heterocycles. The highest BCUT2D eigenvalue weighted by Gasteiger charge is 2.08. The van der Waals surface area contributed by atoms with Crippen molar-refractivity contribution in [1.82, 2.24) is 0 Å². The van der Waals surface area contributed by atoms with Crippen molar-refractivity contribution in [3.05, 3.63) is 50.9 Å². The van der Waals surface area contributed by atoms with Gasteiger partial charge >= 0.3 is 0 Å². The number of halogens is 2. The second kappa shape index (κ2) is 5.63. The van der Waals surface area contributed by atoms with Crippen molar-refractivity contribution in [2.45, 2.75) is 0 Å². The van der Waals surface area contributed by atoms with E-state index < -0.39 is 0 Å². The van der Waals surface area contributed by atoms with Gasteiger partial charge in [0.1, 0.15) is 0 Å². The summed E-state index contributed by atoms with van der Waals surface area (Å²) in [6, 6.07) is 10.2. The zero-order chi connectivity index (χ0) is 14.0. The summed E-state index contributed by atoms with van der Waals surface area (Å²) < 4.78 is 1.43. The van der Waals surface area contributed by atoms with Crippen LogP contribution in [0, 0.1) is 0 Å². The molecule has 0 fully saturated rings. The smallest absolute Gasteiger partial charge is 0.255 e. The summed E-state index contributed by atoms with van der Waals surface area (Å²) in [5, 5.41) is 2.79. The predicted octanol–water partition coefficient (Wildman–Crippen LogP) is 3.63. The lowest BCUT2D eigenvalue weighted by molar-refractivity contribution is 0.102. The van der Waals surface area contributed by atoms with E-state index >= 15 is 0 Å². The molecule has 0 bridgehead atoms. The van der Waals surface area contributed by atoms with Gasteiger partial charge in [0.05, 0.1) is 0 Å². The second-order valence-electron chi connectivity index (χ2n) is 3.93. The van der Waals surface area contributed by atoms with Gasteiger partial charge in [0.2, 0.25) is 0 Å². The van der Waals surface area contributed by atoms with Crippen LogP contribution in [0.25, 0.3) is 0 Å². The summed E-state index contributed by atoms with van der Waals surface area (Å²) in [4.78, 5) is 12.1. The molecule has 98 valence electrons. The highest BCUT2D eigenvalue weighted by molar-refractivity contribution is 9.11. The van der Waals surface area contributed by atoms with Crippen LogP contribution in [-0.2, 0) is 0 Å². The molecule has 6 heteroatoms. The minimum atomic E-state index is -0.211. The minimum Gasteiger partial charge on any atom is -0.398 e. The van der Waals surface area contributed by atoms with E-state index in [1.165, 1.54) is 0 Å². The number of nitrogen functional groups attached to an aromatic ring is 2. The zero-order valence-corrected chi connectivity index (χ0v) is 13.0. The largest absolute Gasteiger partial charge is 0.398 e. The van der Waals surface area contributed by atoms with Crippen LogP contribution in [0.1, 0.15) is 10.4 Å². The van der Waals surface area contributed by atoms with Gasteiger partial charge in [-0.3, -0.25) is 4.79 Å². The van der Waals surface area contributed by atoms with Crippen LogP contribution in [0.15, 0.2) is 45.3 Å². The Hall–Kier alpha value is -1.53. The van der Waals surface area contributed by atoms with Gasteiger partial charge in [0.15, 0.2) is 0 Å². The van der Waals surface area contributed by atoms with Crippen LogP contribution in [-0.4, -0.2) is 5.91 Å². The van der Waals surface area contributed by atoms with E-state index in [1.54, 1.807) is 36.4 Å². The highest BCUT2D eigenvalue weighted by Crippen LogP contribution is 2.24. The fourth-order valence-corrected chi connectivity index (χ4v) is 2.23. The van der Waals surface area contributed by atoms with E-state index in [-0.39, 0.29) is 5.91 Å². The predicted molar refractivity (Wildman–Crippen MR) is 85.1 cm³/mol. The van der Waals surface area contributed by atoms with Crippen molar-refractivity contribution in [3.8, 4) is 0 Å². The Bertz CT molecular complexity index is 644. The Balaban J connectivity index is 2.20. The van der Waals surface area contributed by atoms with Crippen LogP contribution >= 0.6 is 31.9 Å². The van der Waals surface area contributed by atoms with E-state index in [2.05, 4.69) is 37.2 Å².